The second kappa shape index (κ2) is 12.7. The Labute approximate surface area is 307 Å². The summed E-state index contributed by atoms with van der Waals surface area (Å²) in [6, 6.07) is 73.0. The highest BCUT2D eigenvalue weighted by molar-refractivity contribution is 7.25. The molecule has 10 rings (SSSR count). The quantitative estimate of drug-likeness (QED) is 0.169. The van der Waals surface area contributed by atoms with Crippen LogP contribution in [0.3, 0.4) is 0 Å². The van der Waals surface area contributed by atoms with Gasteiger partial charge in [0.05, 0.1) is 0 Å². The van der Waals surface area contributed by atoms with Gasteiger partial charge in [-0.2, -0.15) is 0 Å². The van der Waals surface area contributed by atoms with E-state index in [0.29, 0.717) is 0 Å². The van der Waals surface area contributed by atoms with Crippen LogP contribution in [0.1, 0.15) is 0 Å². The van der Waals surface area contributed by atoms with Crippen LogP contribution in [0.25, 0.3) is 75.1 Å². The van der Waals surface area contributed by atoms with Crippen molar-refractivity contribution in [1.29, 1.82) is 0 Å². The SMILES string of the molecule is c1ccc(-c2ccc3cc(-c4ccc(N(c5ccc(-c6cccc7ccccc67)cc5)c5ccc6c(c5)sc5ccccc56)cc4)ccc3c2)cc1. The minimum Gasteiger partial charge on any atom is -0.310 e. The molecule has 1 aromatic heterocycles. The highest BCUT2D eigenvalue weighted by atomic mass is 32.1. The molecule has 0 fully saturated rings. The van der Waals surface area contributed by atoms with Crippen molar-refractivity contribution in [1.82, 2.24) is 0 Å². The minimum atomic E-state index is 1.12. The molecule has 0 aliphatic heterocycles. The van der Waals surface area contributed by atoms with E-state index in [4.69, 9.17) is 0 Å². The zero-order valence-corrected chi connectivity index (χ0v) is 29.2. The lowest BCUT2D eigenvalue weighted by Crippen LogP contribution is -2.09. The molecule has 0 saturated heterocycles. The topological polar surface area (TPSA) is 3.24 Å². The smallest absolute Gasteiger partial charge is 0.0476 e. The van der Waals surface area contributed by atoms with E-state index in [1.165, 1.54) is 75.1 Å². The molecule has 0 bridgehead atoms. The summed E-state index contributed by atoms with van der Waals surface area (Å²) in [5, 5.41) is 7.63. The van der Waals surface area contributed by atoms with Crippen LogP contribution >= 0.6 is 11.3 Å². The highest BCUT2D eigenvalue weighted by Gasteiger charge is 2.16. The molecule has 0 N–H and O–H groups in total. The Bertz CT molecular complexity index is 2880. The van der Waals surface area contributed by atoms with E-state index in [0.717, 1.165) is 17.1 Å². The lowest BCUT2D eigenvalue weighted by atomic mass is 9.97. The van der Waals surface area contributed by atoms with Gasteiger partial charge in [0.25, 0.3) is 0 Å². The third-order valence-electron chi connectivity index (χ3n) is 10.3. The van der Waals surface area contributed by atoms with Crippen LogP contribution in [0, 0.1) is 0 Å². The molecule has 1 heterocycles. The van der Waals surface area contributed by atoms with Gasteiger partial charge in [0.1, 0.15) is 0 Å². The lowest BCUT2D eigenvalue weighted by molar-refractivity contribution is 1.29. The number of fused-ring (bicyclic) bond motifs is 5. The molecule has 0 atom stereocenters. The molecule has 244 valence electrons. The molecule has 9 aromatic carbocycles. The molecule has 0 radical (unpaired) electrons. The first-order valence-corrected chi connectivity index (χ1v) is 18.6. The summed E-state index contributed by atoms with van der Waals surface area (Å²) in [4.78, 5) is 2.38. The molecule has 0 aliphatic rings. The first-order valence-electron chi connectivity index (χ1n) is 17.7. The summed E-state index contributed by atoms with van der Waals surface area (Å²) in [6.45, 7) is 0. The van der Waals surface area contributed by atoms with Gasteiger partial charge in [-0.1, -0.05) is 146 Å². The summed E-state index contributed by atoms with van der Waals surface area (Å²) >= 11 is 1.86. The zero-order chi connectivity index (χ0) is 34.4. The van der Waals surface area contributed by atoms with Gasteiger partial charge in [0.2, 0.25) is 0 Å². The Morgan fingerprint density at radius 2 is 0.827 bits per heavy atom. The largest absolute Gasteiger partial charge is 0.310 e. The van der Waals surface area contributed by atoms with Crippen LogP contribution in [0.15, 0.2) is 200 Å². The summed E-state index contributed by atoms with van der Waals surface area (Å²) in [5.74, 6) is 0. The van der Waals surface area contributed by atoms with Crippen molar-refractivity contribution in [3.63, 3.8) is 0 Å². The van der Waals surface area contributed by atoms with Crippen molar-refractivity contribution < 1.29 is 0 Å². The van der Waals surface area contributed by atoms with Crippen molar-refractivity contribution in [3.8, 4) is 33.4 Å². The Kier molecular flexibility index (Phi) is 7.41. The van der Waals surface area contributed by atoms with Gasteiger partial charge in [-0.05, 0) is 110 Å². The summed E-state index contributed by atoms with van der Waals surface area (Å²) in [5.41, 5.74) is 10.7. The van der Waals surface area contributed by atoms with Gasteiger partial charge in [0.15, 0.2) is 0 Å². The fourth-order valence-electron chi connectivity index (χ4n) is 7.61. The van der Waals surface area contributed by atoms with Gasteiger partial charge < -0.3 is 4.90 Å². The van der Waals surface area contributed by atoms with Gasteiger partial charge in [-0.25, -0.2) is 0 Å². The molecule has 0 amide bonds. The van der Waals surface area contributed by atoms with Crippen molar-refractivity contribution in [3.05, 3.63) is 200 Å². The molecule has 0 aliphatic carbocycles. The molecule has 1 nitrogen and oxygen atoms in total. The van der Waals surface area contributed by atoms with E-state index >= 15 is 0 Å². The molecular formula is C50H33NS. The minimum absolute atomic E-state index is 1.12. The molecule has 52 heavy (non-hydrogen) atoms. The lowest BCUT2D eigenvalue weighted by Gasteiger charge is -2.26. The van der Waals surface area contributed by atoms with Crippen molar-refractivity contribution >= 4 is 70.1 Å². The molecule has 0 unspecified atom stereocenters. The summed E-state index contributed by atoms with van der Waals surface area (Å²) in [6.07, 6.45) is 0. The van der Waals surface area contributed by atoms with Gasteiger partial charge in [-0.3, -0.25) is 0 Å². The second-order valence-electron chi connectivity index (χ2n) is 13.4. The van der Waals surface area contributed by atoms with Crippen LogP contribution in [0.4, 0.5) is 17.1 Å². The van der Waals surface area contributed by atoms with Crippen molar-refractivity contribution in [2.24, 2.45) is 0 Å². The highest BCUT2D eigenvalue weighted by Crippen LogP contribution is 2.42. The summed E-state index contributed by atoms with van der Waals surface area (Å²) < 4.78 is 2.61. The number of thiophene rings is 1. The van der Waals surface area contributed by atoms with Gasteiger partial charge >= 0.3 is 0 Å². The van der Waals surface area contributed by atoms with E-state index in [9.17, 15) is 0 Å². The molecule has 10 aromatic rings. The van der Waals surface area contributed by atoms with Crippen molar-refractivity contribution in [2.45, 2.75) is 0 Å². The Morgan fingerprint density at radius 1 is 0.288 bits per heavy atom. The standard InChI is InChI=1S/C50H33NS/c1-2-9-34(10-3-1)38-17-19-41-32-39(18-20-40(41)31-38)35-21-25-42(26-22-35)51(44-29-30-48-47-14-6-7-16-49(47)52-50(48)33-44)43-27-23-37(24-28-43)46-15-8-12-36-11-4-5-13-45(36)46/h1-33H. The molecule has 2 heteroatoms. The van der Waals surface area contributed by atoms with Crippen LogP contribution < -0.4 is 4.90 Å². The van der Waals surface area contributed by atoms with Crippen LogP contribution in [-0.4, -0.2) is 0 Å². The van der Waals surface area contributed by atoms with Crippen molar-refractivity contribution in [2.75, 3.05) is 4.90 Å². The van der Waals surface area contributed by atoms with Gasteiger partial charge in [0, 0.05) is 37.2 Å². The number of hydrogen-bond donors (Lipinski definition) is 0. The maximum atomic E-state index is 2.38. The number of rotatable bonds is 6. The van der Waals surface area contributed by atoms with Crippen LogP contribution in [0.5, 0.6) is 0 Å². The van der Waals surface area contributed by atoms with E-state index in [2.05, 4.69) is 205 Å². The van der Waals surface area contributed by atoms with E-state index in [1.54, 1.807) is 0 Å². The number of hydrogen-bond acceptors (Lipinski definition) is 2. The van der Waals surface area contributed by atoms with E-state index in [-0.39, 0.29) is 0 Å². The number of anilines is 3. The fraction of sp³-hybridized carbons (Fsp3) is 0. The predicted octanol–water partition coefficient (Wildman–Crippen LogP) is 14.8. The molecular weight excluding hydrogens is 647 g/mol. The summed E-state index contributed by atoms with van der Waals surface area (Å²) in [7, 11) is 0. The number of benzene rings is 9. The monoisotopic (exact) mass is 679 g/mol. The zero-order valence-electron chi connectivity index (χ0n) is 28.4. The van der Waals surface area contributed by atoms with E-state index < -0.39 is 0 Å². The average Bonchev–Trinajstić information content (AvgIpc) is 3.59. The average molecular weight is 680 g/mol. The number of nitrogens with zero attached hydrogens (tertiary/aromatic N) is 1. The Morgan fingerprint density at radius 3 is 1.56 bits per heavy atom. The maximum Gasteiger partial charge on any atom is 0.0476 e. The molecule has 0 spiro atoms. The first-order chi connectivity index (χ1) is 25.7. The Balaban J connectivity index is 1.03. The Hall–Kier alpha value is -6.48. The first kappa shape index (κ1) is 30.4. The predicted molar refractivity (Wildman–Crippen MR) is 225 cm³/mol. The third-order valence-corrected chi connectivity index (χ3v) is 11.4. The van der Waals surface area contributed by atoms with E-state index in [1.807, 2.05) is 11.3 Å². The maximum absolute atomic E-state index is 2.38. The molecule has 0 saturated carbocycles. The van der Waals surface area contributed by atoms with Crippen LogP contribution in [-0.2, 0) is 0 Å². The van der Waals surface area contributed by atoms with Gasteiger partial charge in [-0.15, -0.1) is 11.3 Å². The fourth-order valence-corrected chi connectivity index (χ4v) is 8.75. The second-order valence-corrected chi connectivity index (χ2v) is 14.5. The third kappa shape index (κ3) is 5.42. The normalized spacial score (nSPS) is 11.5. The van der Waals surface area contributed by atoms with Crippen LogP contribution in [0.2, 0.25) is 0 Å².